The third-order valence-corrected chi connectivity index (χ3v) is 4.60. The summed E-state index contributed by atoms with van der Waals surface area (Å²) in [5.41, 5.74) is 0.866. The van der Waals surface area contributed by atoms with Gasteiger partial charge in [0, 0.05) is 12.1 Å². The van der Waals surface area contributed by atoms with Crippen molar-refractivity contribution >= 4 is 22.3 Å². The van der Waals surface area contributed by atoms with Crippen LogP contribution in [0.4, 0.5) is 0 Å². The van der Waals surface area contributed by atoms with Crippen molar-refractivity contribution in [2.45, 2.75) is 11.8 Å². The van der Waals surface area contributed by atoms with Crippen LogP contribution in [0.5, 0.6) is 0 Å². The summed E-state index contributed by atoms with van der Waals surface area (Å²) in [6.07, 6.45) is 0.455. The van der Waals surface area contributed by atoms with Gasteiger partial charge in [-0.1, -0.05) is 24.3 Å². The van der Waals surface area contributed by atoms with Crippen LogP contribution >= 0.6 is 0 Å². The predicted octanol–water partition coefficient (Wildman–Crippen LogP) is 0.914. The van der Waals surface area contributed by atoms with E-state index < -0.39 is 16.0 Å². The Labute approximate surface area is 124 Å². The van der Waals surface area contributed by atoms with Crippen LogP contribution in [0, 0.1) is 6.92 Å². The molecule has 114 valence electrons. The molecule has 0 unspecified atom stereocenters. The van der Waals surface area contributed by atoms with Crippen LogP contribution < -0.4 is 0 Å². The minimum absolute atomic E-state index is 0.0463. The molecule has 0 aromatic heterocycles. The van der Waals surface area contributed by atoms with Gasteiger partial charge >= 0.3 is 5.97 Å². The Morgan fingerprint density at radius 1 is 1.33 bits per heavy atom. The van der Waals surface area contributed by atoms with Crippen molar-refractivity contribution in [3.8, 4) is 0 Å². The van der Waals surface area contributed by atoms with E-state index in [1.54, 1.807) is 12.1 Å². The quantitative estimate of drug-likeness (QED) is 0.425. The molecule has 0 radical (unpaired) electrons. The molecule has 1 aromatic carbocycles. The lowest BCUT2D eigenvalue weighted by molar-refractivity contribution is -0.136. The number of benzene rings is 1. The van der Waals surface area contributed by atoms with Gasteiger partial charge in [0.25, 0.3) is 0 Å². The number of sulfonamides is 1. The summed E-state index contributed by atoms with van der Waals surface area (Å²) in [5.74, 6) is -0.718. The largest absolute Gasteiger partial charge is 0.466 e. The molecular weight excluding hydrogens is 294 g/mol. The van der Waals surface area contributed by atoms with Gasteiger partial charge in [0.1, 0.15) is 6.29 Å². The number of ether oxygens (including phenoxy) is 1. The monoisotopic (exact) mass is 311 g/mol. The number of carbonyl (C=O) groups excluding carboxylic acids is 2. The zero-order chi connectivity index (χ0) is 16.0. The molecule has 0 fully saturated rings. The van der Waals surface area contributed by atoms with Crippen molar-refractivity contribution in [1.82, 2.24) is 4.31 Å². The van der Waals surface area contributed by atoms with Crippen LogP contribution in [0.15, 0.2) is 41.3 Å². The summed E-state index contributed by atoms with van der Waals surface area (Å²) in [5, 5.41) is 0. The van der Waals surface area contributed by atoms with E-state index >= 15 is 0 Å². The number of aryl methyl sites for hydroxylation is 1. The highest BCUT2D eigenvalue weighted by atomic mass is 32.2. The highest BCUT2D eigenvalue weighted by Crippen LogP contribution is 2.17. The number of hydrogen-bond donors (Lipinski definition) is 0. The van der Waals surface area contributed by atoms with E-state index in [1.807, 2.05) is 6.92 Å². The molecule has 0 heterocycles. The van der Waals surface area contributed by atoms with Crippen molar-refractivity contribution in [3.05, 3.63) is 42.0 Å². The average molecular weight is 311 g/mol. The van der Waals surface area contributed by atoms with E-state index in [4.69, 9.17) is 0 Å². The Hall–Kier alpha value is -1.99. The fourth-order valence-electron chi connectivity index (χ4n) is 1.61. The van der Waals surface area contributed by atoms with Gasteiger partial charge in [-0.05, 0) is 19.1 Å². The zero-order valence-electron chi connectivity index (χ0n) is 11.9. The van der Waals surface area contributed by atoms with Gasteiger partial charge in [-0.25, -0.2) is 13.2 Å². The molecule has 1 aromatic rings. The van der Waals surface area contributed by atoms with Crippen molar-refractivity contribution in [2.75, 3.05) is 20.2 Å². The first-order valence-corrected chi connectivity index (χ1v) is 7.53. The van der Waals surface area contributed by atoms with Crippen molar-refractivity contribution in [3.63, 3.8) is 0 Å². The van der Waals surface area contributed by atoms with Crippen LogP contribution in [0.2, 0.25) is 0 Å². The lowest BCUT2D eigenvalue weighted by Gasteiger charge is -2.20. The second-order valence-corrected chi connectivity index (χ2v) is 6.31. The van der Waals surface area contributed by atoms with Gasteiger partial charge < -0.3 is 9.53 Å². The Morgan fingerprint density at radius 3 is 2.38 bits per heavy atom. The first kappa shape index (κ1) is 17.1. The smallest absolute Gasteiger partial charge is 0.334 e. The maximum Gasteiger partial charge on any atom is 0.334 e. The van der Waals surface area contributed by atoms with Gasteiger partial charge in [-0.3, -0.25) is 0 Å². The number of aldehydes is 1. The SMILES string of the molecule is C=C(CN(CC=O)S(=O)(=O)c1ccc(C)cc1)C(=O)OC. The summed E-state index contributed by atoms with van der Waals surface area (Å²) in [6, 6.07) is 6.20. The molecular formula is C14H17NO5S. The number of esters is 1. The highest BCUT2D eigenvalue weighted by molar-refractivity contribution is 7.89. The molecule has 1 rings (SSSR count). The second kappa shape index (κ2) is 7.14. The molecule has 0 aliphatic carbocycles. The highest BCUT2D eigenvalue weighted by Gasteiger charge is 2.26. The molecule has 0 bridgehead atoms. The second-order valence-electron chi connectivity index (χ2n) is 4.37. The fraction of sp³-hybridized carbons (Fsp3) is 0.286. The molecule has 0 saturated carbocycles. The topological polar surface area (TPSA) is 80.8 Å². The summed E-state index contributed by atoms with van der Waals surface area (Å²) in [4.78, 5) is 22.1. The van der Waals surface area contributed by atoms with Crippen molar-refractivity contribution in [2.24, 2.45) is 0 Å². The third-order valence-electron chi connectivity index (χ3n) is 2.78. The van der Waals surface area contributed by atoms with Crippen molar-refractivity contribution in [1.29, 1.82) is 0 Å². The number of methoxy groups -OCH3 is 1. The Balaban J connectivity index is 3.08. The number of carbonyl (C=O) groups is 2. The van der Waals surface area contributed by atoms with Gasteiger partial charge in [-0.15, -0.1) is 0 Å². The zero-order valence-corrected chi connectivity index (χ0v) is 12.7. The van der Waals surface area contributed by atoms with Gasteiger partial charge in [0.2, 0.25) is 10.0 Å². The van der Waals surface area contributed by atoms with Gasteiger partial charge in [0.05, 0.1) is 18.6 Å². The molecule has 7 heteroatoms. The lowest BCUT2D eigenvalue weighted by atomic mass is 10.2. The van der Waals surface area contributed by atoms with Crippen LogP contribution in [0.1, 0.15) is 5.56 Å². The van der Waals surface area contributed by atoms with E-state index in [1.165, 1.54) is 19.2 Å². The van der Waals surface area contributed by atoms with E-state index in [9.17, 15) is 18.0 Å². The van der Waals surface area contributed by atoms with E-state index in [0.717, 1.165) is 9.87 Å². The molecule has 21 heavy (non-hydrogen) atoms. The third kappa shape index (κ3) is 4.24. The Bertz CT molecular complexity index is 634. The molecule has 6 nitrogen and oxygen atoms in total. The molecule has 0 atom stereocenters. The summed E-state index contributed by atoms with van der Waals surface area (Å²) >= 11 is 0. The fourth-order valence-corrected chi connectivity index (χ4v) is 2.97. The first-order valence-electron chi connectivity index (χ1n) is 6.09. The van der Waals surface area contributed by atoms with E-state index in [-0.39, 0.29) is 23.6 Å². The van der Waals surface area contributed by atoms with Gasteiger partial charge in [-0.2, -0.15) is 4.31 Å². The Kier molecular flexibility index (Phi) is 5.80. The maximum absolute atomic E-state index is 12.5. The molecule has 0 spiro atoms. The predicted molar refractivity (Wildman–Crippen MR) is 77.2 cm³/mol. The van der Waals surface area contributed by atoms with Crippen LogP contribution in [-0.2, 0) is 24.3 Å². The van der Waals surface area contributed by atoms with Crippen LogP contribution in [0.3, 0.4) is 0 Å². The van der Waals surface area contributed by atoms with Crippen LogP contribution in [-0.4, -0.2) is 45.2 Å². The van der Waals surface area contributed by atoms with E-state index in [0.29, 0.717) is 6.29 Å². The summed E-state index contributed by atoms with van der Waals surface area (Å²) < 4.78 is 30.3. The molecule has 0 aliphatic rings. The van der Waals surface area contributed by atoms with Gasteiger partial charge in [0.15, 0.2) is 0 Å². The van der Waals surface area contributed by atoms with Crippen molar-refractivity contribution < 1.29 is 22.7 Å². The standard InChI is InChI=1S/C14H17NO5S/c1-11-4-6-13(7-5-11)21(18,19)15(8-9-16)10-12(2)14(17)20-3/h4-7,9H,2,8,10H2,1,3H3. The molecule has 0 amide bonds. The lowest BCUT2D eigenvalue weighted by Crippen LogP contribution is -2.35. The molecule has 0 saturated heterocycles. The number of nitrogens with zero attached hydrogens (tertiary/aromatic N) is 1. The minimum Gasteiger partial charge on any atom is -0.466 e. The maximum atomic E-state index is 12.5. The summed E-state index contributed by atoms with van der Waals surface area (Å²) in [6.45, 7) is 4.63. The normalized spacial score (nSPS) is 11.2. The number of hydrogen-bond acceptors (Lipinski definition) is 5. The van der Waals surface area contributed by atoms with Crippen LogP contribution in [0.25, 0.3) is 0 Å². The van der Waals surface area contributed by atoms with E-state index in [2.05, 4.69) is 11.3 Å². The minimum atomic E-state index is -3.88. The number of rotatable bonds is 7. The Morgan fingerprint density at radius 2 is 1.90 bits per heavy atom. The average Bonchev–Trinajstić information content (AvgIpc) is 2.46. The molecule has 0 N–H and O–H groups in total. The molecule has 0 aliphatic heterocycles. The summed E-state index contributed by atoms with van der Waals surface area (Å²) in [7, 11) is -2.71. The first-order chi connectivity index (χ1) is 9.82.